The van der Waals surface area contributed by atoms with Gasteiger partial charge in [0.25, 0.3) is 0 Å². The van der Waals surface area contributed by atoms with Crippen LogP contribution >= 0.6 is 11.8 Å². The zero-order valence-corrected chi connectivity index (χ0v) is 15.4. The highest BCUT2D eigenvalue weighted by atomic mass is 32.2. The van der Waals surface area contributed by atoms with Gasteiger partial charge in [0.2, 0.25) is 11.1 Å². The van der Waals surface area contributed by atoms with Crippen LogP contribution in [-0.4, -0.2) is 41.2 Å². The van der Waals surface area contributed by atoms with E-state index in [9.17, 15) is 4.79 Å². The van der Waals surface area contributed by atoms with Crippen molar-refractivity contribution in [3.05, 3.63) is 41.1 Å². The van der Waals surface area contributed by atoms with Gasteiger partial charge in [-0.1, -0.05) is 36.9 Å². The van der Waals surface area contributed by atoms with Crippen LogP contribution in [0.4, 0.5) is 5.95 Å². The van der Waals surface area contributed by atoms with Crippen molar-refractivity contribution in [1.82, 2.24) is 14.8 Å². The number of carbonyl (C=O) groups excluding carboxylic acids is 1. The summed E-state index contributed by atoms with van der Waals surface area (Å²) in [4.78, 5) is 17.1. The molecule has 0 saturated heterocycles. The lowest BCUT2D eigenvalue weighted by Crippen LogP contribution is -2.30. The monoisotopic (exact) mass is 360 g/mol. The molecule has 1 aliphatic heterocycles. The normalized spacial score (nSPS) is 16.2. The summed E-state index contributed by atoms with van der Waals surface area (Å²) >= 11 is 1.44. The lowest BCUT2D eigenvalue weighted by Gasteiger charge is -2.29. The van der Waals surface area contributed by atoms with Crippen molar-refractivity contribution in [3.63, 3.8) is 0 Å². The summed E-state index contributed by atoms with van der Waals surface area (Å²) in [5.74, 6) is 0.885. The quantitative estimate of drug-likeness (QED) is 0.649. The second-order valence-corrected chi connectivity index (χ2v) is 6.15. The molecule has 2 heterocycles. The first-order valence-electron chi connectivity index (χ1n) is 7.86. The van der Waals surface area contributed by atoms with Gasteiger partial charge in [0.05, 0.1) is 19.8 Å². The first kappa shape index (κ1) is 17.3. The van der Waals surface area contributed by atoms with Crippen LogP contribution in [-0.2, 0) is 9.53 Å². The molecule has 0 radical (unpaired) electrons. The first-order valence-corrected chi connectivity index (χ1v) is 9.08. The van der Waals surface area contributed by atoms with Gasteiger partial charge < -0.3 is 14.8 Å². The van der Waals surface area contributed by atoms with Crippen molar-refractivity contribution in [3.8, 4) is 5.75 Å². The predicted octanol–water partition coefficient (Wildman–Crippen LogP) is 2.86. The molecule has 0 saturated carbocycles. The van der Waals surface area contributed by atoms with Gasteiger partial charge in [-0.3, -0.25) is 0 Å². The number of nitrogens with zero attached hydrogens (tertiary/aromatic N) is 3. The van der Waals surface area contributed by atoms with E-state index in [1.807, 2.05) is 37.4 Å². The number of hydrogen-bond acceptors (Lipinski definition) is 7. The topological polar surface area (TPSA) is 78.3 Å². The molecule has 132 valence electrons. The molecular weight excluding hydrogens is 340 g/mol. The van der Waals surface area contributed by atoms with Crippen molar-refractivity contribution in [2.45, 2.75) is 24.5 Å². The Morgan fingerprint density at radius 1 is 1.36 bits per heavy atom. The second-order valence-electron chi connectivity index (χ2n) is 5.37. The lowest BCUT2D eigenvalue weighted by molar-refractivity contribution is -0.136. The van der Waals surface area contributed by atoms with E-state index in [0.717, 1.165) is 11.3 Å². The molecule has 1 aromatic carbocycles. The van der Waals surface area contributed by atoms with Crippen LogP contribution in [0.1, 0.15) is 24.9 Å². The molecule has 8 heteroatoms. The Kier molecular flexibility index (Phi) is 4.98. The Balaban J connectivity index is 2.27. The number of benzene rings is 1. The highest BCUT2D eigenvalue weighted by Crippen LogP contribution is 2.40. The zero-order valence-electron chi connectivity index (χ0n) is 14.6. The third-order valence-corrected chi connectivity index (χ3v) is 4.63. The van der Waals surface area contributed by atoms with Crippen molar-refractivity contribution < 1.29 is 14.3 Å². The summed E-state index contributed by atoms with van der Waals surface area (Å²) in [7, 11) is 2.99. The van der Waals surface area contributed by atoms with E-state index in [1.165, 1.54) is 18.9 Å². The molecule has 0 fully saturated rings. The molecule has 25 heavy (non-hydrogen) atoms. The number of hydrogen-bond donors (Lipinski definition) is 1. The van der Waals surface area contributed by atoms with Crippen molar-refractivity contribution in [2.24, 2.45) is 0 Å². The molecule has 1 aromatic heterocycles. The minimum absolute atomic E-state index is 0.396. The molecule has 3 rings (SSSR count). The number of nitrogens with one attached hydrogen (secondary N) is 1. The number of para-hydroxylation sites is 1. The third-order valence-electron chi connectivity index (χ3n) is 4.09. The molecule has 0 aliphatic carbocycles. The van der Waals surface area contributed by atoms with Crippen LogP contribution in [0.15, 0.2) is 40.7 Å². The SMILES string of the molecule is CCC1=C(C(=O)OC)[C@@H](c2ccccc2OC)n2nc(SC)nc2N1. The number of anilines is 1. The van der Waals surface area contributed by atoms with Crippen LogP contribution in [0, 0.1) is 0 Å². The van der Waals surface area contributed by atoms with Gasteiger partial charge in [0, 0.05) is 11.3 Å². The number of carbonyl (C=O) groups is 1. The third kappa shape index (κ3) is 2.97. The second kappa shape index (κ2) is 7.18. The van der Waals surface area contributed by atoms with Gasteiger partial charge in [-0.25, -0.2) is 9.48 Å². The maximum atomic E-state index is 12.6. The van der Waals surface area contributed by atoms with E-state index in [-0.39, 0.29) is 0 Å². The van der Waals surface area contributed by atoms with Crippen LogP contribution in [0.2, 0.25) is 0 Å². The van der Waals surface area contributed by atoms with E-state index >= 15 is 0 Å². The molecule has 0 amide bonds. The van der Waals surface area contributed by atoms with Crippen LogP contribution in [0.3, 0.4) is 0 Å². The van der Waals surface area contributed by atoms with Crippen LogP contribution in [0.25, 0.3) is 0 Å². The standard InChI is InChI=1S/C17H20N4O3S/c1-5-11-13(15(22)24-3)14(10-8-6-7-9-12(10)23-2)21-16(18-11)19-17(20-21)25-4/h6-9,14H,5H2,1-4H3,(H,18,19,20)/t14-/m1/s1. The van der Waals surface area contributed by atoms with Gasteiger partial charge in [-0.15, -0.1) is 5.10 Å². The van der Waals surface area contributed by atoms with Crippen LogP contribution in [0.5, 0.6) is 5.75 Å². The number of rotatable bonds is 5. The Bertz CT molecular complexity index is 831. The highest BCUT2D eigenvalue weighted by molar-refractivity contribution is 7.98. The van der Waals surface area contributed by atoms with E-state index in [1.54, 1.807) is 11.8 Å². The van der Waals surface area contributed by atoms with Crippen molar-refractivity contribution >= 4 is 23.7 Å². The molecule has 1 aliphatic rings. The van der Waals surface area contributed by atoms with E-state index in [0.29, 0.717) is 28.8 Å². The Labute approximate surface area is 150 Å². The fourth-order valence-corrected chi connectivity index (χ4v) is 3.30. The molecule has 2 aromatic rings. The number of allylic oxidation sites excluding steroid dienone is 1. The van der Waals surface area contributed by atoms with Gasteiger partial charge in [-0.05, 0) is 18.7 Å². The van der Waals surface area contributed by atoms with Gasteiger partial charge in [-0.2, -0.15) is 4.98 Å². The van der Waals surface area contributed by atoms with Gasteiger partial charge in [0.15, 0.2) is 0 Å². The maximum Gasteiger partial charge on any atom is 0.338 e. The summed E-state index contributed by atoms with van der Waals surface area (Å²) in [5, 5.41) is 8.39. The van der Waals surface area contributed by atoms with Crippen LogP contribution < -0.4 is 10.1 Å². The molecule has 0 unspecified atom stereocenters. The average Bonchev–Trinajstić information content (AvgIpc) is 3.08. The molecule has 1 atom stereocenters. The average molecular weight is 360 g/mol. The van der Waals surface area contributed by atoms with E-state index in [2.05, 4.69) is 15.4 Å². The minimum atomic E-state index is -0.469. The van der Waals surface area contributed by atoms with Gasteiger partial charge >= 0.3 is 5.97 Å². The zero-order chi connectivity index (χ0) is 18.0. The first-order chi connectivity index (χ1) is 12.1. The minimum Gasteiger partial charge on any atom is -0.496 e. The number of ether oxygens (including phenoxy) is 2. The van der Waals surface area contributed by atoms with Gasteiger partial charge in [0.1, 0.15) is 11.8 Å². The Morgan fingerprint density at radius 3 is 2.76 bits per heavy atom. The highest BCUT2D eigenvalue weighted by Gasteiger charge is 2.37. The number of methoxy groups -OCH3 is 2. The van der Waals surface area contributed by atoms with E-state index in [4.69, 9.17) is 9.47 Å². The summed E-state index contributed by atoms with van der Waals surface area (Å²) in [6.45, 7) is 1.98. The lowest BCUT2D eigenvalue weighted by atomic mass is 9.94. The largest absolute Gasteiger partial charge is 0.496 e. The molecule has 1 N–H and O–H groups in total. The number of fused-ring (bicyclic) bond motifs is 1. The van der Waals surface area contributed by atoms with E-state index < -0.39 is 12.0 Å². The summed E-state index contributed by atoms with van der Waals surface area (Å²) in [6, 6.07) is 7.12. The summed E-state index contributed by atoms with van der Waals surface area (Å²) in [5.41, 5.74) is 2.12. The molecule has 0 spiro atoms. The maximum absolute atomic E-state index is 12.6. The van der Waals surface area contributed by atoms with Crippen molar-refractivity contribution in [2.75, 3.05) is 25.8 Å². The Morgan fingerprint density at radius 2 is 2.12 bits per heavy atom. The number of esters is 1. The number of thioether (sulfide) groups is 1. The summed E-state index contributed by atoms with van der Waals surface area (Å²) in [6.07, 6.45) is 2.55. The molecular formula is C17H20N4O3S. The Hall–Kier alpha value is -2.48. The van der Waals surface area contributed by atoms with Crippen molar-refractivity contribution in [1.29, 1.82) is 0 Å². The number of aromatic nitrogens is 3. The molecule has 0 bridgehead atoms. The predicted molar refractivity (Wildman–Crippen MR) is 95.9 cm³/mol. The molecule has 7 nitrogen and oxygen atoms in total. The fourth-order valence-electron chi connectivity index (χ4n) is 2.95. The summed E-state index contributed by atoms with van der Waals surface area (Å²) < 4.78 is 12.3. The fraction of sp³-hybridized carbons (Fsp3) is 0.353. The smallest absolute Gasteiger partial charge is 0.338 e.